The van der Waals surface area contributed by atoms with Gasteiger partial charge in [-0.15, -0.1) is 0 Å². The summed E-state index contributed by atoms with van der Waals surface area (Å²) in [4.78, 5) is 10.2. The van der Waals surface area contributed by atoms with Crippen LogP contribution < -0.4 is 20.3 Å². The molecule has 0 bridgehead atoms. The second-order valence-electron chi connectivity index (χ2n) is 6.92. The first-order valence-electron chi connectivity index (χ1n) is 9.83. The third-order valence-electron chi connectivity index (χ3n) is 4.80. The predicted molar refractivity (Wildman–Crippen MR) is 112 cm³/mol. The molecule has 0 radical (unpaired) electrons. The van der Waals surface area contributed by atoms with E-state index in [2.05, 4.69) is 20.6 Å². The Morgan fingerprint density at radius 3 is 2.70 bits per heavy atom. The normalized spacial score (nSPS) is 16.6. The average Bonchev–Trinajstić information content (AvgIpc) is 3.20. The number of hydrogen-bond acceptors (Lipinski definition) is 5. The van der Waals surface area contributed by atoms with Gasteiger partial charge in [-0.05, 0) is 24.1 Å². The van der Waals surface area contributed by atoms with Gasteiger partial charge in [0.1, 0.15) is 23.9 Å². The van der Waals surface area contributed by atoms with Gasteiger partial charge in [0.2, 0.25) is 5.88 Å². The van der Waals surface area contributed by atoms with E-state index in [1.165, 1.54) is 18.2 Å². The van der Waals surface area contributed by atoms with E-state index in [1.807, 2.05) is 6.07 Å². The van der Waals surface area contributed by atoms with Crippen molar-refractivity contribution in [3.8, 4) is 5.88 Å². The van der Waals surface area contributed by atoms with Crippen molar-refractivity contribution in [2.24, 2.45) is 4.99 Å². The number of anilines is 1. The number of guanidine groups is 1. The Hall–Kier alpha value is -2.94. The van der Waals surface area contributed by atoms with Crippen LogP contribution in [0.2, 0.25) is 0 Å². The molecule has 1 aliphatic heterocycles. The van der Waals surface area contributed by atoms with Crippen molar-refractivity contribution in [2.45, 2.75) is 19.0 Å². The van der Waals surface area contributed by atoms with Gasteiger partial charge in [-0.2, -0.15) is 0 Å². The minimum atomic E-state index is -0.541. The second kappa shape index (κ2) is 10.7. The summed E-state index contributed by atoms with van der Waals surface area (Å²) >= 11 is 0. The average molecular weight is 419 g/mol. The number of nitrogens with zero attached hydrogens (tertiary/aromatic N) is 3. The van der Waals surface area contributed by atoms with Crippen molar-refractivity contribution >= 4 is 11.6 Å². The molecule has 7 nitrogen and oxygen atoms in total. The van der Waals surface area contributed by atoms with E-state index < -0.39 is 11.6 Å². The summed E-state index contributed by atoms with van der Waals surface area (Å²) in [5.74, 6) is 0.0848. The van der Waals surface area contributed by atoms with Crippen molar-refractivity contribution in [3.63, 3.8) is 0 Å². The molecule has 1 saturated heterocycles. The maximum atomic E-state index is 14.0. The van der Waals surface area contributed by atoms with E-state index in [9.17, 15) is 8.78 Å². The summed E-state index contributed by atoms with van der Waals surface area (Å²) in [6.45, 7) is 2.56. The molecule has 162 valence electrons. The summed E-state index contributed by atoms with van der Waals surface area (Å²) in [7, 11) is 3.30. The summed E-state index contributed by atoms with van der Waals surface area (Å²) in [6, 6.07) is 7.70. The lowest BCUT2D eigenvalue weighted by atomic mass is 10.2. The Morgan fingerprint density at radius 1 is 1.23 bits per heavy atom. The summed E-state index contributed by atoms with van der Waals surface area (Å²) in [5, 5.41) is 6.55. The summed E-state index contributed by atoms with van der Waals surface area (Å²) in [6.07, 6.45) is 2.49. The van der Waals surface area contributed by atoms with Crippen LogP contribution in [0.3, 0.4) is 0 Å². The molecule has 1 unspecified atom stereocenters. The Bertz CT molecular complexity index is 828. The molecule has 1 atom stereocenters. The molecule has 2 N–H and O–H groups in total. The zero-order valence-electron chi connectivity index (χ0n) is 17.2. The predicted octanol–water partition coefficient (Wildman–Crippen LogP) is 2.33. The van der Waals surface area contributed by atoms with Crippen molar-refractivity contribution in [1.82, 2.24) is 15.6 Å². The smallest absolute Gasteiger partial charge is 0.213 e. The van der Waals surface area contributed by atoms with E-state index in [-0.39, 0.29) is 11.7 Å². The SMILES string of the molecule is CN=C(NCc1ccc(OCCOC)nc1)NC1CCN(c2c(F)cccc2F)C1. The number of benzene rings is 1. The molecule has 2 aromatic rings. The van der Waals surface area contributed by atoms with Crippen LogP contribution in [-0.2, 0) is 11.3 Å². The third-order valence-corrected chi connectivity index (χ3v) is 4.80. The van der Waals surface area contributed by atoms with Crippen molar-refractivity contribution in [3.05, 3.63) is 53.7 Å². The fourth-order valence-corrected chi connectivity index (χ4v) is 3.28. The van der Waals surface area contributed by atoms with Crippen LogP contribution in [0.5, 0.6) is 5.88 Å². The largest absolute Gasteiger partial charge is 0.475 e. The molecular formula is C21H27F2N5O2. The highest BCUT2D eigenvalue weighted by atomic mass is 19.1. The topological polar surface area (TPSA) is 71.0 Å². The highest BCUT2D eigenvalue weighted by molar-refractivity contribution is 5.80. The van der Waals surface area contributed by atoms with Crippen LogP contribution in [0.15, 0.2) is 41.5 Å². The van der Waals surface area contributed by atoms with Gasteiger partial charge in [-0.25, -0.2) is 13.8 Å². The Balaban J connectivity index is 1.48. The minimum Gasteiger partial charge on any atom is -0.475 e. The van der Waals surface area contributed by atoms with Gasteiger partial charge in [0.05, 0.1) is 6.61 Å². The number of hydrogen-bond donors (Lipinski definition) is 2. The zero-order chi connectivity index (χ0) is 21.3. The number of aliphatic imine (C=N–C) groups is 1. The third kappa shape index (κ3) is 5.79. The maximum absolute atomic E-state index is 14.0. The minimum absolute atomic E-state index is 0.0311. The lowest BCUT2D eigenvalue weighted by molar-refractivity contribution is 0.143. The molecule has 1 aromatic heterocycles. The Labute approximate surface area is 175 Å². The van der Waals surface area contributed by atoms with E-state index in [0.717, 1.165) is 12.0 Å². The molecule has 1 fully saturated rings. The van der Waals surface area contributed by atoms with Gasteiger partial charge in [0, 0.05) is 52.1 Å². The first-order chi connectivity index (χ1) is 14.6. The van der Waals surface area contributed by atoms with E-state index in [1.54, 1.807) is 31.3 Å². The van der Waals surface area contributed by atoms with Crippen molar-refractivity contribution in [1.29, 1.82) is 0 Å². The first-order valence-corrected chi connectivity index (χ1v) is 9.83. The number of para-hydroxylation sites is 1. The standard InChI is InChI=1S/C21H27F2N5O2/c1-24-21(26-13-15-6-7-19(25-12-15)30-11-10-29-2)27-16-8-9-28(14-16)20-17(22)4-3-5-18(20)23/h3-7,12,16H,8-11,13-14H2,1-2H3,(H2,24,26,27). The molecule has 0 aliphatic carbocycles. The fourth-order valence-electron chi connectivity index (χ4n) is 3.28. The monoisotopic (exact) mass is 419 g/mol. The molecule has 1 aliphatic rings. The number of ether oxygens (including phenoxy) is 2. The lowest BCUT2D eigenvalue weighted by Crippen LogP contribution is -2.44. The molecule has 30 heavy (non-hydrogen) atoms. The number of nitrogens with one attached hydrogen (secondary N) is 2. The zero-order valence-corrected chi connectivity index (χ0v) is 17.2. The lowest BCUT2D eigenvalue weighted by Gasteiger charge is -2.21. The maximum Gasteiger partial charge on any atom is 0.213 e. The van der Waals surface area contributed by atoms with Gasteiger partial charge < -0.3 is 25.0 Å². The number of halogens is 2. The summed E-state index contributed by atoms with van der Waals surface area (Å²) < 4.78 is 38.4. The Kier molecular flexibility index (Phi) is 7.78. The number of rotatable bonds is 8. The molecule has 2 heterocycles. The van der Waals surface area contributed by atoms with Gasteiger partial charge in [0.15, 0.2) is 5.96 Å². The van der Waals surface area contributed by atoms with Gasteiger partial charge >= 0.3 is 0 Å². The van der Waals surface area contributed by atoms with E-state index >= 15 is 0 Å². The summed E-state index contributed by atoms with van der Waals surface area (Å²) in [5.41, 5.74) is 1.00. The molecule has 3 rings (SSSR count). The molecule has 9 heteroatoms. The Morgan fingerprint density at radius 2 is 2.03 bits per heavy atom. The van der Waals surface area contributed by atoms with E-state index in [4.69, 9.17) is 9.47 Å². The molecule has 1 aromatic carbocycles. The number of methoxy groups -OCH3 is 1. The van der Waals surface area contributed by atoms with Crippen LogP contribution in [0, 0.1) is 11.6 Å². The van der Waals surface area contributed by atoms with Gasteiger partial charge in [-0.1, -0.05) is 12.1 Å². The van der Waals surface area contributed by atoms with Crippen LogP contribution >= 0.6 is 0 Å². The van der Waals surface area contributed by atoms with Crippen LogP contribution in [0.25, 0.3) is 0 Å². The molecule has 0 spiro atoms. The van der Waals surface area contributed by atoms with E-state index in [0.29, 0.717) is 44.7 Å². The molecular weight excluding hydrogens is 392 g/mol. The second-order valence-corrected chi connectivity index (χ2v) is 6.92. The number of aromatic nitrogens is 1. The number of pyridine rings is 1. The van der Waals surface area contributed by atoms with Gasteiger partial charge in [0.25, 0.3) is 0 Å². The van der Waals surface area contributed by atoms with Crippen molar-refractivity contribution in [2.75, 3.05) is 45.4 Å². The highest BCUT2D eigenvalue weighted by Gasteiger charge is 2.27. The quantitative estimate of drug-likeness (QED) is 0.389. The van der Waals surface area contributed by atoms with Crippen molar-refractivity contribution < 1.29 is 18.3 Å². The van der Waals surface area contributed by atoms with Crippen LogP contribution in [-0.4, -0.2) is 57.4 Å². The first kappa shape index (κ1) is 21.8. The highest BCUT2D eigenvalue weighted by Crippen LogP contribution is 2.26. The molecule has 0 saturated carbocycles. The molecule has 0 amide bonds. The van der Waals surface area contributed by atoms with Crippen LogP contribution in [0.1, 0.15) is 12.0 Å². The van der Waals surface area contributed by atoms with Crippen LogP contribution in [0.4, 0.5) is 14.5 Å². The fraction of sp³-hybridized carbons (Fsp3) is 0.429. The van der Waals surface area contributed by atoms with Gasteiger partial charge in [-0.3, -0.25) is 4.99 Å².